The van der Waals surface area contributed by atoms with Crippen molar-refractivity contribution in [3.05, 3.63) is 89.2 Å². The molecule has 0 heterocycles. The van der Waals surface area contributed by atoms with Crippen LogP contribution in [0, 0.1) is 5.82 Å². The highest BCUT2D eigenvalue weighted by Crippen LogP contribution is 2.17. The number of amides is 1. The summed E-state index contributed by atoms with van der Waals surface area (Å²) in [5, 5.41) is 3.12. The Balaban J connectivity index is 1.74. The highest BCUT2D eigenvalue weighted by atomic mass is 35.5. The van der Waals surface area contributed by atoms with Crippen molar-refractivity contribution in [2.45, 2.75) is 24.3 Å². The monoisotopic (exact) mass is 534 g/mol. The zero-order chi connectivity index (χ0) is 26.1. The van der Waals surface area contributed by atoms with Crippen LogP contribution in [0.2, 0.25) is 5.02 Å². The van der Waals surface area contributed by atoms with Crippen molar-refractivity contribution >= 4 is 39.2 Å². The molecule has 1 unspecified atom stereocenters. The second-order valence-corrected chi connectivity index (χ2v) is 9.71. The molecule has 0 saturated carbocycles. The van der Waals surface area contributed by atoms with Gasteiger partial charge in [0.05, 0.1) is 17.9 Å². The lowest BCUT2D eigenvalue weighted by atomic mass is 10.1. The molecular formula is C25H24ClFN2O6S. The van der Waals surface area contributed by atoms with Gasteiger partial charge in [-0.3, -0.25) is 9.59 Å². The molecule has 0 bridgehead atoms. The van der Waals surface area contributed by atoms with E-state index in [4.69, 9.17) is 21.1 Å². The van der Waals surface area contributed by atoms with Gasteiger partial charge < -0.3 is 14.8 Å². The Morgan fingerprint density at radius 3 is 2.22 bits per heavy atom. The van der Waals surface area contributed by atoms with Crippen LogP contribution in [0.3, 0.4) is 0 Å². The molecule has 1 amide bonds. The zero-order valence-electron chi connectivity index (χ0n) is 19.2. The van der Waals surface area contributed by atoms with Crippen LogP contribution in [0.15, 0.2) is 77.7 Å². The van der Waals surface area contributed by atoms with E-state index in [9.17, 15) is 22.4 Å². The third kappa shape index (κ3) is 8.04. The maximum absolute atomic E-state index is 13.2. The Morgan fingerprint density at radius 2 is 1.61 bits per heavy atom. The second kappa shape index (κ2) is 12.5. The molecule has 0 fully saturated rings. The Hall–Kier alpha value is -3.47. The van der Waals surface area contributed by atoms with Crippen molar-refractivity contribution in [3.63, 3.8) is 0 Å². The van der Waals surface area contributed by atoms with Gasteiger partial charge in [-0.05, 0) is 73.2 Å². The Kier molecular flexibility index (Phi) is 9.40. The first-order valence-corrected chi connectivity index (χ1v) is 12.7. The lowest BCUT2D eigenvalue weighted by molar-refractivity contribution is -0.142. The molecule has 11 heteroatoms. The van der Waals surface area contributed by atoms with Crippen molar-refractivity contribution < 1.29 is 31.9 Å². The molecule has 3 aromatic rings. The quantitative estimate of drug-likeness (QED) is 0.360. The van der Waals surface area contributed by atoms with Gasteiger partial charge in [-0.2, -0.15) is 4.72 Å². The second-order valence-electron chi connectivity index (χ2n) is 7.56. The minimum absolute atomic E-state index is 0.0804. The first kappa shape index (κ1) is 27.1. The summed E-state index contributed by atoms with van der Waals surface area (Å²) in [6, 6.07) is 15.6. The first-order chi connectivity index (χ1) is 17.2. The maximum Gasteiger partial charge on any atom is 0.310 e. The Labute approximate surface area is 213 Å². The average Bonchev–Trinajstić information content (AvgIpc) is 2.84. The van der Waals surface area contributed by atoms with E-state index < -0.39 is 27.8 Å². The molecule has 8 nitrogen and oxygen atoms in total. The van der Waals surface area contributed by atoms with Gasteiger partial charge in [0.25, 0.3) is 0 Å². The molecule has 2 N–H and O–H groups in total. The van der Waals surface area contributed by atoms with Crippen molar-refractivity contribution in [3.8, 4) is 5.75 Å². The molecule has 0 saturated heterocycles. The largest absolute Gasteiger partial charge is 0.491 e. The fraction of sp³-hybridized carbons (Fsp3) is 0.200. The molecular weight excluding hydrogens is 511 g/mol. The van der Waals surface area contributed by atoms with E-state index in [1.54, 1.807) is 55.5 Å². The Bertz CT molecular complexity index is 1280. The predicted octanol–water partition coefficient (Wildman–Crippen LogP) is 3.95. The molecule has 0 aliphatic carbocycles. The van der Waals surface area contributed by atoms with Gasteiger partial charge in [-0.1, -0.05) is 23.7 Å². The maximum atomic E-state index is 13.2. The van der Waals surface area contributed by atoms with Crippen molar-refractivity contribution in [2.75, 3.05) is 18.5 Å². The smallest absolute Gasteiger partial charge is 0.310 e. The van der Waals surface area contributed by atoms with Crippen molar-refractivity contribution in [2.24, 2.45) is 0 Å². The number of nitrogens with one attached hydrogen (secondary N) is 2. The third-order valence-electron chi connectivity index (χ3n) is 4.84. The summed E-state index contributed by atoms with van der Waals surface area (Å²) in [7, 11) is -4.18. The van der Waals surface area contributed by atoms with Gasteiger partial charge in [0.2, 0.25) is 15.9 Å². The van der Waals surface area contributed by atoms with Crippen LogP contribution in [0.5, 0.6) is 5.75 Å². The van der Waals surface area contributed by atoms with Gasteiger partial charge >= 0.3 is 5.97 Å². The summed E-state index contributed by atoms with van der Waals surface area (Å²) in [4.78, 5) is 24.5. The molecule has 0 spiro atoms. The van der Waals surface area contributed by atoms with Crippen LogP contribution in [0.1, 0.15) is 12.5 Å². The SMILES string of the molecule is CCOC(=O)Cc1ccc(NC(=O)C(COc2ccc(Cl)cc2)NS(=O)(=O)c2ccc(F)cc2)cc1. The number of sulfonamides is 1. The number of halogens is 2. The fourth-order valence-corrected chi connectivity index (χ4v) is 4.36. The van der Waals surface area contributed by atoms with Crippen LogP contribution in [0.25, 0.3) is 0 Å². The number of rotatable bonds is 11. The summed E-state index contributed by atoms with van der Waals surface area (Å²) < 4.78 is 51.8. The number of carbonyl (C=O) groups is 2. The molecule has 0 aliphatic heterocycles. The number of anilines is 1. The van der Waals surface area contributed by atoms with Gasteiger partial charge in [0.1, 0.15) is 24.2 Å². The third-order valence-corrected chi connectivity index (χ3v) is 6.58. The van der Waals surface area contributed by atoms with Crippen molar-refractivity contribution in [1.29, 1.82) is 0 Å². The van der Waals surface area contributed by atoms with Gasteiger partial charge in [-0.15, -0.1) is 0 Å². The van der Waals surface area contributed by atoms with E-state index in [2.05, 4.69) is 10.0 Å². The average molecular weight is 535 g/mol. The zero-order valence-corrected chi connectivity index (χ0v) is 20.8. The van der Waals surface area contributed by atoms with E-state index in [-0.39, 0.29) is 30.5 Å². The topological polar surface area (TPSA) is 111 Å². The van der Waals surface area contributed by atoms with Gasteiger partial charge in [0, 0.05) is 10.7 Å². The van der Waals surface area contributed by atoms with Crippen molar-refractivity contribution in [1.82, 2.24) is 4.72 Å². The minimum Gasteiger partial charge on any atom is -0.491 e. The molecule has 3 rings (SSSR count). The van der Waals surface area contributed by atoms with E-state index in [0.29, 0.717) is 22.0 Å². The standard InChI is InChI=1S/C25H24ClFN2O6S/c1-2-34-24(30)15-17-3-9-20(10-4-17)28-25(31)23(16-35-21-11-5-18(26)6-12-21)29-36(32,33)22-13-7-19(27)8-14-22/h3-14,23,29H,2,15-16H2,1H3,(H,28,31). The van der Waals surface area contributed by atoms with Crippen LogP contribution >= 0.6 is 11.6 Å². The van der Waals surface area contributed by atoms with Crippen LogP contribution < -0.4 is 14.8 Å². The summed E-state index contributed by atoms with van der Waals surface area (Å²) >= 11 is 5.87. The van der Waals surface area contributed by atoms with Crippen LogP contribution in [-0.2, 0) is 30.8 Å². The molecule has 0 radical (unpaired) electrons. The van der Waals surface area contributed by atoms with Crippen LogP contribution in [-0.4, -0.2) is 39.5 Å². The molecule has 3 aromatic carbocycles. The Morgan fingerprint density at radius 1 is 0.972 bits per heavy atom. The normalized spacial score (nSPS) is 12.0. The summed E-state index contributed by atoms with van der Waals surface area (Å²) in [5.74, 6) is -1.28. The van der Waals surface area contributed by atoms with Gasteiger partial charge in [0.15, 0.2) is 0 Å². The highest BCUT2D eigenvalue weighted by Gasteiger charge is 2.27. The minimum atomic E-state index is -4.18. The van der Waals surface area contributed by atoms with Crippen LogP contribution in [0.4, 0.5) is 10.1 Å². The van der Waals surface area contributed by atoms with E-state index in [1.807, 2.05) is 0 Å². The number of benzene rings is 3. The number of ether oxygens (including phenoxy) is 2. The van der Waals surface area contributed by atoms with E-state index >= 15 is 0 Å². The summed E-state index contributed by atoms with van der Waals surface area (Å²) in [5.41, 5.74) is 1.07. The van der Waals surface area contributed by atoms with E-state index in [0.717, 1.165) is 24.3 Å². The predicted molar refractivity (Wildman–Crippen MR) is 133 cm³/mol. The number of hydrogen-bond donors (Lipinski definition) is 2. The lowest BCUT2D eigenvalue weighted by Gasteiger charge is -2.19. The van der Waals surface area contributed by atoms with E-state index in [1.165, 1.54) is 0 Å². The fourth-order valence-electron chi connectivity index (χ4n) is 3.06. The molecule has 0 aliphatic rings. The molecule has 190 valence electrons. The first-order valence-electron chi connectivity index (χ1n) is 10.9. The van der Waals surface area contributed by atoms with Gasteiger partial charge in [-0.25, -0.2) is 12.8 Å². The highest BCUT2D eigenvalue weighted by molar-refractivity contribution is 7.89. The number of esters is 1. The number of carbonyl (C=O) groups excluding carboxylic acids is 2. The lowest BCUT2D eigenvalue weighted by Crippen LogP contribution is -2.47. The molecule has 1 atom stereocenters. The summed E-state index contributed by atoms with van der Waals surface area (Å²) in [6.07, 6.45) is 0.0804. The summed E-state index contributed by atoms with van der Waals surface area (Å²) in [6.45, 7) is 1.66. The molecule has 0 aromatic heterocycles. The molecule has 36 heavy (non-hydrogen) atoms. The number of hydrogen-bond acceptors (Lipinski definition) is 6.